The molecule has 8 nitrogen and oxygen atoms in total. The van der Waals surface area contributed by atoms with Gasteiger partial charge in [0.2, 0.25) is 0 Å². The maximum absolute atomic E-state index is 12.1. The van der Waals surface area contributed by atoms with E-state index in [1.54, 1.807) is 24.3 Å². The Hall–Kier alpha value is -2.42. The zero-order valence-corrected chi connectivity index (χ0v) is 12.2. The van der Waals surface area contributed by atoms with E-state index in [1.165, 1.54) is 10.8 Å². The summed E-state index contributed by atoms with van der Waals surface area (Å²) in [5.41, 5.74) is 5.88. The molecule has 0 bridgehead atoms. The number of hydrogen-bond acceptors (Lipinski definition) is 6. The van der Waals surface area contributed by atoms with E-state index in [-0.39, 0.29) is 18.6 Å². The van der Waals surface area contributed by atoms with E-state index in [9.17, 15) is 14.7 Å². The van der Waals surface area contributed by atoms with Crippen LogP contribution >= 0.6 is 0 Å². The van der Waals surface area contributed by atoms with Crippen LogP contribution in [0.15, 0.2) is 40.1 Å². The second-order valence-corrected chi connectivity index (χ2v) is 5.45. The van der Waals surface area contributed by atoms with Gasteiger partial charge in [0.1, 0.15) is 12.3 Å². The van der Waals surface area contributed by atoms with Crippen molar-refractivity contribution in [2.24, 2.45) is 0 Å². The standard InChI is InChI=1S/C15H17N3O5/c16-9-3-1-2-8(4-9)10-6-18(15(22)17-14(10)21)13-5-11(20)12(7-19)23-13/h1-4,6,11-13,19-20H,5,7,16H2,(H,17,21,22)/t11-,12+,13+/m0/s1. The fraction of sp³-hybridized carbons (Fsp3) is 0.333. The van der Waals surface area contributed by atoms with Gasteiger partial charge in [-0.3, -0.25) is 14.3 Å². The van der Waals surface area contributed by atoms with Crippen molar-refractivity contribution in [3.63, 3.8) is 0 Å². The summed E-state index contributed by atoms with van der Waals surface area (Å²) in [6.45, 7) is -0.349. The molecule has 3 atom stereocenters. The Balaban J connectivity index is 2.05. The minimum atomic E-state index is -0.875. The number of aliphatic hydroxyl groups excluding tert-OH is 2. The van der Waals surface area contributed by atoms with Crippen LogP contribution in [0.1, 0.15) is 12.6 Å². The highest BCUT2D eigenvalue weighted by molar-refractivity contribution is 5.65. The molecule has 1 aromatic heterocycles. The van der Waals surface area contributed by atoms with Gasteiger partial charge in [-0.15, -0.1) is 0 Å². The van der Waals surface area contributed by atoms with Crippen molar-refractivity contribution in [1.29, 1.82) is 0 Å². The van der Waals surface area contributed by atoms with Gasteiger partial charge in [-0.2, -0.15) is 0 Å². The SMILES string of the molecule is Nc1cccc(-c2cn([C@H]3C[C@H](O)[C@@H](CO)O3)c(=O)[nH]c2=O)c1. The van der Waals surface area contributed by atoms with E-state index in [0.717, 1.165) is 0 Å². The van der Waals surface area contributed by atoms with Crippen LogP contribution in [0.2, 0.25) is 0 Å². The highest BCUT2D eigenvalue weighted by atomic mass is 16.5. The first kappa shape index (κ1) is 15.5. The smallest absolute Gasteiger partial charge is 0.330 e. The molecule has 122 valence electrons. The highest BCUT2D eigenvalue weighted by Crippen LogP contribution is 2.28. The first-order chi connectivity index (χ1) is 11.0. The van der Waals surface area contributed by atoms with Crippen molar-refractivity contribution in [1.82, 2.24) is 9.55 Å². The fourth-order valence-corrected chi connectivity index (χ4v) is 2.66. The van der Waals surface area contributed by atoms with E-state index < -0.39 is 29.7 Å². The predicted octanol–water partition coefficient (Wildman–Crippen LogP) is -0.574. The molecule has 1 aliphatic rings. The Bertz CT molecular complexity index is 828. The lowest BCUT2D eigenvalue weighted by atomic mass is 10.1. The maximum atomic E-state index is 12.1. The number of anilines is 1. The number of nitrogens with one attached hydrogen (secondary N) is 1. The first-order valence-corrected chi connectivity index (χ1v) is 7.15. The molecule has 0 aliphatic carbocycles. The zero-order valence-electron chi connectivity index (χ0n) is 12.2. The number of benzene rings is 1. The monoisotopic (exact) mass is 319 g/mol. The summed E-state index contributed by atoms with van der Waals surface area (Å²) in [5.74, 6) is 0. The van der Waals surface area contributed by atoms with Crippen molar-refractivity contribution in [3.05, 3.63) is 51.3 Å². The third kappa shape index (κ3) is 2.91. The molecule has 23 heavy (non-hydrogen) atoms. The van der Waals surface area contributed by atoms with E-state index in [4.69, 9.17) is 15.6 Å². The van der Waals surface area contributed by atoms with Gasteiger partial charge in [-0.05, 0) is 17.7 Å². The molecule has 1 aliphatic heterocycles. The molecule has 0 unspecified atom stereocenters. The Morgan fingerprint density at radius 2 is 2.17 bits per heavy atom. The zero-order chi connectivity index (χ0) is 16.6. The molecule has 8 heteroatoms. The number of rotatable bonds is 3. The summed E-state index contributed by atoms with van der Waals surface area (Å²) < 4.78 is 6.67. The van der Waals surface area contributed by atoms with Crippen molar-refractivity contribution >= 4 is 5.69 Å². The summed E-state index contributed by atoms with van der Waals surface area (Å²) in [5, 5.41) is 18.9. The average Bonchev–Trinajstić information content (AvgIpc) is 2.88. The molecular formula is C15H17N3O5. The van der Waals surface area contributed by atoms with E-state index in [1.807, 2.05) is 0 Å². The quantitative estimate of drug-likeness (QED) is 0.560. The summed E-state index contributed by atoms with van der Waals surface area (Å²) in [7, 11) is 0. The fourth-order valence-electron chi connectivity index (χ4n) is 2.66. The molecule has 0 radical (unpaired) electrons. The lowest BCUT2D eigenvalue weighted by Crippen LogP contribution is -2.33. The summed E-state index contributed by atoms with van der Waals surface area (Å²) in [4.78, 5) is 26.3. The van der Waals surface area contributed by atoms with Gasteiger partial charge in [0.05, 0.1) is 18.3 Å². The minimum Gasteiger partial charge on any atom is -0.399 e. The second kappa shape index (κ2) is 5.99. The van der Waals surface area contributed by atoms with Crippen LogP contribution in [0.5, 0.6) is 0 Å². The molecule has 0 spiro atoms. The number of nitrogens with two attached hydrogens (primary N) is 1. The Morgan fingerprint density at radius 1 is 1.39 bits per heavy atom. The van der Waals surface area contributed by atoms with Crippen LogP contribution < -0.4 is 17.0 Å². The van der Waals surface area contributed by atoms with Crippen molar-refractivity contribution in [2.45, 2.75) is 24.9 Å². The normalized spacial score (nSPS) is 24.0. The number of aromatic nitrogens is 2. The third-order valence-corrected chi connectivity index (χ3v) is 3.86. The number of aromatic amines is 1. The molecule has 1 fully saturated rings. The largest absolute Gasteiger partial charge is 0.399 e. The Kier molecular flexibility index (Phi) is 4.03. The molecule has 1 saturated heterocycles. The van der Waals surface area contributed by atoms with Crippen LogP contribution in [0.4, 0.5) is 5.69 Å². The lowest BCUT2D eigenvalue weighted by molar-refractivity contribution is -0.0458. The van der Waals surface area contributed by atoms with Gasteiger partial charge in [-0.1, -0.05) is 12.1 Å². The summed E-state index contributed by atoms with van der Waals surface area (Å²) in [6, 6.07) is 6.73. The van der Waals surface area contributed by atoms with Gasteiger partial charge in [0.15, 0.2) is 0 Å². The van der Waals surface area contributed by atoms with Crippen molar-refractivity contribution < 1.29 is 14.9 Å². The highest BCUT2D eigenvalue weighted by Gasteiger charge is 2.35. The molecule has 2 heterocycles. The molecule has 5 N–H and O–H groups in total. The summed E-state index contributed by atoms with van der Waals surface area (Å²) >= 11 is 0. The molecule has 1 aromatic carbocycles. The topological polar surface area (TPSA) is 131 Å². The number of aliphatic hydroxyl groups is 2. The van der Waals surface area contributed by atoms with E-state index >= 15 is 0 Å². The molecule has 0 saturated carbocycles. The molecular weight excluding hydrogens is 302 g/mol. The van der Waals surface area contributed by atoms with Crippen LogP contribution in [0, 0.1) is 0 Å². The van der Waals surface area contributed by atoms with Crippen LogP contribution in [0.3, 0.4) is 0 Å². The first-order valence-electron chi connectivity index (χ1n) is 7.15. The molecule has 3 rings (SSSR count). The molecule has 0 amide bonds. The van der Waals surface area contributed by atoms with E-state index in [2.05, 4.69) is 4.98 Å². The maximum Gasteiger partial charge on any atom is 0.330 e. The Labute approximate surface area is 130 Å². The van der Waals surface area contributed by atoms with Gasteiger partial charge in [0.25, 0.3) is 5.56 Å². The van der Waals surface area contributed by atoms with E-state index in [0.29, 0.717) is 11.3 Å². The van der Waals surface area contributed by atoms with Gasteiger partial charge < -0.3 is 20.7 Å². The van der Waals surface area contributed by atoms with Crippen LogP contribution in [-0.2, 0) is 4.74 Å². The third-order valence-electron chi connectivity index (χ3n) is 3.86. The van der Waals surface area contributed by atoms with Gasteiger partial charge >= 0.3 is 5.69 Å². The number of nitrogens with zero attached hydrogens (tertiary/aromatic N) is 1. The Morgan fingerprint density at radius 3 is 2.83 bits per heavy atom. The van der Waals surface area contributed by atoms with Crippen molar-refractivity contribution in [3.8, 4) is 11.1 Å². The number of nitrogen functional groups attached to an aromatic ring is 1. The van der Waals surface area contributed by atoms with Crippen LogP contribution in [0.25, 0.3) is 11.1 Å². The average molecular weight is 319 g/mol. The number of ether oxygens (including phenoxy) is 1. The van der Waals surface area contributed by atoms with Gasteiger partial charge in [-0.25, -0.2) is 4.79 Å². The minimum absolute atomic E-state index is 0.146. The number of H-pyrrole nitrogens is 1. The summed E-state index contributed by atoms with van der Waals surface area (Å²) in [6.07, 6.45) is -0.860. The van der Waals surface area contributed by atoms with Crippen molar-refractivity contribution in [2.75, 3.05) is 12.3 Å². The van der Waals surface area contributed by atoms with Crippen LogP contribution in [-0.4, -0.2) is 38.6 Å². The lowest BCUT2D eigenvalue weighted by Gasteiger charge is -2.15. The van der Waals surface area contributed by atoms with Gasteiger partial charge in [0, 0.05) is 18.3 Å². The second-order valence-electron chi connectivity index (χ2n) is 5.45. The number of hydrogen-bond donors (Lipinski definition) is 4. The molecule has 2 aromatic rings. The predicted molar refractivity (Wildman–Crippen MR) is 82.8 cm³/mol.